The Morgan fingerprint density at radius 2 is 1.94 bits per heavy atom. The SMILES string of the molecule is CN1CCCC1CNC1CCN2CCCC2C1. The van der Waals surface area contributed by atoms with Gasteiger partial charge >= 0.3 is 0 Å². The summed E-state index contributed by atoms with van der Waals surface area (Å²) < 4.78 is 0. The molecule has 3 fully saturated rings. The normalized spacial score (nSPS) is 39.7. The summed E-state index contributed by atoms with van der Waals surface area (Å²) in [5.41, 5.74) is 0. The fraction of sp³-hybridized carbons (Fsp3) is 1.00. The molecule has 3 rings (SSSR count). The number of hydrogen-bond donors (Lipinski definition) is 1. The molecule has 0 spiro atoms. The first-order valence-corrected chi connectivity index (χ1v) is 7.50. The molecular weight excluding hydrogens is 210 g/mol. The van der Waals surface area contributed by atoms with Gasteiger partial charge in [-0.15, -0.1) is 0 Å². The molecule has 0 bridgehead atoms. The predicted octanol–water partition coefficient (Wildman–Crippen LogP) is 1.30. The smallest absolute Gasteiger partial charge is 0.0218 e. The lowest BCUT2D eigenvalue weighted by Crippen LogP contribution is -2.48. The van der Waals surface area contributed by atoms with Gasteiger partial charge < -0.3 is 15.1 Å². The number of likely N-dealkylation sites (N-methyl/N-ethyl adjacent to an activating group) is 1. The molecule has 3 heteroatoms. The molecule has 0 aliphatic carbocycles. The molecule has 3 unspecified atom stereocenters. The summed E-state index contributed by atoms with van der Waals surface area (Å²) >= 11 is 0. The van der Waals surface area contributed by atoms with Crippen molar-refractivity contribution >= 4 is 0 Å². The Morgan fingerprint density at radius 1 is 1.06 bits per heavy atom. The van der Waals surface area contributed by atoms with E-state index >= 15 is 0 Å². The molecule has 0 amide bonds. The van der Waals surface area contributed by atoms with Gasteiger partial charge in [-0.05, 0) is 65.2 Å². The van der Waals surface area contributed by atoms with Crippen LogP contribution in [0.25, 0.3) is 0 Å². The van der Waals surface area contributed by atoms with E-state index in [1.807, 2.05) is 0 Å². The van der Waals surface area contributed by atoms with Gasteiger partial charge in [-0.1, -0.05) is 0 Å². The standard InChI is InChI=1S/C14H27N3/c1-16-7-2-5-14(16)11-15-12-6-9-17-8-3-4-13(17)10-12/h12-15H,2-11H2,1H3. The fourth-order valence-corrected chi connectivity index (χ4v) is 3.95. The van der Waals surface area contributed by atoms with Crippen LogP contribution in [0.1, 0.15) is 38.5 Å². The molecule has 3 saturated heterocycles. The van der Waals surface area contributed by atoms with Crippen molar-refractivity contribution in [3.05, 3.63) is 0 Å². The third-order valence-electron chi connectivity index (χ3n) is 5.13. The minimum Gasteiger partial charge on any atom is -0.312 e. The molecule has 3 aliphatic heterocycles. The summed E-state index contributed by atoms with van der Waals surface area (Å²) in [6.07, 6.45) is 8.43. The van der Waals surface area contributed by atoms with Crippen LogP contribution in [0.3, 0.4) is 0 Å². The highest BCUT2D eigenvalue weighted by molar-refractivity contribution is 4.90. The van der Waals surface area contributed by atoms with Crippen molar-refractivity contribution in [1.29, 1.82) is 0 Å². The number of likely N-dealkylation sites (tertiary alicyclic amines) is 1. The van der Waals surface area contributed by atoms with Crippen LogP contribution in [-0.2, 0) is 0 Å². The minimum absolute atomic E-state index is 0.795. The third kappa shape index (κ3) is 2.67. The zero-order valence-corrected chi connectivity index (χ0v) is 11.2. The van der Waals surface area contributed by atoms with E-state index in [1.54, 1.807) is 0 Å². The van der Waals surface area contributed by atoms with E-state index in [-0.39, 0.29) is 0 Å². The Kier molecular flexibility index (Phi) is 3.69. The second-order valence-electron chi connectivity index (χ2n) is 6.24. The van der Waals surface area contributed by atoms with Crippen LogP contribution in [0.15, 0.2) is 0 Å². The Hall–Kier alpha value is -0.120. The van der Waals surface area contributed by atoms with E-state index in [0.29, 0.717) is 0 Å². The molecule has 3 aliphatic rings. The predicted molar refractivity (Wildman–Crippen MR) is 71.3 cm³/mol. The van der Waals surface area contributed by atoms with Gasteiger partial charge in [0.2, 0.25) is 0 Å². The zero-order valence-electron chi connectivity index (χ0n) is 11.2. The van der Waals surface area contributed by atoms with Crippen molar-refractivity contribution < 1.29 is 0 Å². The van der Waals surface area contributed by atoms with Crippen LogP contribution >= 0.6 is 0 Å². The van der Waals surface area contributed by atoms with Gasteiger partial charge in [0.15, 0.2) is 0 Å². The number of fused-ring (bicyclic) bond motifs is 1. The molecule has 3 atom stereocenters. The van der Waals surface area contributed by atoms with Crippen LogP contribution < -0.4 is 5.32 Å². The molecule has 98 valence electrons. The van der Waals surface area contributed by atoms with E-state index in [2.05, 4.69) is 22.2 Å². The molecule has 3 nitrogen and oxygen atoms in total. The number of piperidine rings is 1. The van der Waals surface area contributed by atoms with Crippen LogP contribution in [0.2, 0.25) is 0 Å². The highest BCUT2D eigenvalue weighted by Gasteiger charge is 2.32. The lowest BCUT2D eigenvalue weighted by molar-refractivity contribution is 0.162. The van der Waals surface area contributed by atoms with Gasteiger partial charge in [0.1, 0.15) is 0 Å². The van der Waals surface area contributed by atoms with Gasteiger partial charge in [-0.3, -0.25) is 0 Å². The molecular formula is C14H27N3. The van der Waals surface area contributed by atoms with E-state index in [4.69, 9.17) is 0 Å². The number of nitrogens with zero attached hydrogens (tertiary/aromatic N) is 2. The monoisotopic (exact) mass is 237 g/mol. The lowest BCUT2D eigenvalue weighted by atomic mass is 9.97. The molecule has 3 heterocycles. The van der Waals surface area contributed by atoms with Crippen molar-refractivity contribution in [3.63, 3.8) is 0 Å². The van der Waals surface area contributed by atoms with E-state index in [9.17, 15) is 0 Å². The van der Waals surface area contributed by atoms with Crippen molar-refractivity contribution in [1.82, 2.24) is 15.1 Å². The molecule has 0 radical (unpaired) electrons. The average molecular weight is 237 g/mol. The fourth-order valence-electron chi connectivity index (χ4n) is 3.95. The molecule has 17 heavy (non-hydrogen) atoms. The van der Waals surface area contributed by atoms with Crippen molar-refractivity contribution in [2.45, 2.75) is 56.7 Å². The van der Waals surface area contributed by atoms with Crippen molar-refractivity contribution in [2.75, 3.05) is 33.2 Å². The largest absolute Gasteiger partial charge is 0.312 e. The maximum Gasteiger partial charge on any atom is 0.0218 e. The molecule has 0 aromatic heterocycles. The summed E-state index contributed by atoms with van der Waals surface area (Å²) in [6.45, 7) is 5.22. The van der Waals surface area contributed by atoms with Gasteiger partial charge in [0, 0.05) is 24.7 Å². The van der Waals surface area contributed by atoms with Crippen LogP contribution in [0.5, 0.6) is 0 Å². The van der Waals surface area contributed by atoms with Gasteiger partial charge in [-0.2, -0.15) is 0 Å². The maximum atomic E-state index is 3.84. The second kappa shape index (κ2) is 5.25. The van der Waals surface area contributed by atoms with Crippen LogP contribution in [0.4, 0.5) is 0 Å². The van der Waals surface area contributed by atoms with E-state index in [1.165, 1.54) is 64.7 Å². The summed E-state index contributed by atoms with van der Waals surface area (Å²) in [6, 6.07) is 2.50. The summed E-state index contributed by atoms with van der Waals surface area (Å²) in [5.74, 6) is 0. The average Bonchev–Trinajstić information content (AvgIpc) is 2.94. The Labute approximate surface area is 106 Å². The van der Waals surface area contributed by atoms with E-state index < -0.39 is 0 Å². The van der Waals surface area contributed by atoms with Crippen molar-refractivity contribution in [2.24, 2.45) is 0 Å². The molecule has 0 saturated carbocycles. The first-order chi connectivity index (χ1) is 8.33. The van der Waals surface area contributed by atoms with Crippen LogP contribution in [-0.4, -0.2) is 61.2 Å². The van der Waals surface area contributed by atoms with Crippen LogP contribution in [0, 0.1) is 0 Å². The van der Waals surface area contributed by atoms with Crippen molar-refractivity contribution in [3.8, 4) is 0 Å². The summed E-state index contributed by atoms with van der Waals surface area (Å²) in [5, 5.41) is 3.84. The summed E-state index contributed by atoms with van der Waals surface area (Å²) in [4.78, 5) is 5.23. The number of rotatable bonds is 3. The van der Waals surface area contributed by atoms with Gasteiger partial charge in [0.05, 0.1) is 0 Å². The third-order valence-corrected chi connectivity index (χ3v) is 5.13. The Balaban J connectivity index is 1.43. The zero-order chi connectivity index (χ0) is 11.7. The molecule has 1 N–H and O–H groups in total. The summed E-state index contributed by atoms with van der Waals surface area (Å²) in [7, 11) is 2.28. The quantitative estimate of drug-likeness (QED) is 0.798. The molecule has 0 aromatic carbocycles. The first-order valence-electron chi connectivity index (χ1n) is 7.50. The highest BCUT2D eigenvalue weighted by atomic mass is 15.2. The lowest BCUT2D eigenvalue weighted by Gasteiger charge is -2.36. The first kappa shape index (κ1) is 11.9. The second-order valence-corrected chi connectivity index (χ2v) is 6.24. The van der Waals surface area contributed by atoms with Gasteiger partial charge in [0.25, 0.3) is 0 Å². The topological polar surface area (TPSA) is 18.5 Å². The molecule has 0 aromatic rings. The maximum absolute atomic E-state index is 3.84. The van der Waals surface area contributed by atoms with E-state index in [0.717, 1.165) is 18.1 Å². The minimum atomic E-state index is 0.795. The Bertz CT molecular complexity index is 256. The number of nitrogens with one attached hydrogen (secondary N) is 1. The highest BCUT2D eigenvalue weighted by Crippen LogP contribution is 2.27. The number of hydrogen-bond acceptors (Lipinski definition) is 3. The van der Waals surface area contributed by atoms with Gasteiger partial charge in [-0.25, -0.2) is 0 Å². The Morgan fingerprint density at radius 3 is 2.76 bits per heavy atom.